The number of esters is 1. The highest BCUT2D eigenvalue weighted by molar-refractivity contribution is 5.72. The Hall–Kier alpha value is -1.30. The molecule has 0 saturated carbocycles. The molecule has 0 aliphatic carbocycles. The van der Waals surface area contributed by atoms with Crippen molar-refractivity contribution in [3.05, 3.63) is 0 Å². The van der Waals surface area contributed by atoms with Crippen molar-refractivity contribution >= 4 is 12.1 Å². The lowest BCUT2D eigenvalue weighted by Gasteiger charge is -2.31. The second-order valence-corrected chi connectivity index (χ2v) is 6.32. The molecular formula is C15H28N2O4. The van der Waals surface area contributed by atoms with Crippen molar-refractivity contribution in [2.45, 2.75) is 46.1 Å². The summed E-state index contributed by atoms with van der Waals surface area (Å²) in [6.07, 6.45) is 1.46. The van der Waals surface area contributed by atoms with Gasteiger partial charge < -0.3 is 19.7 Å². The Kier molecular flexibility index (Phi) is 6.95. The zero-order valence-corrected chi connectivity index (χ0v) is 13.6. The van der Waals surface area contributed by atoms with Gasteiger partial charge in [0.15, 0.2) is 0 Å². The Bertz CT molecular complexity index is 352. The lowest BCUT2D eigenvalue weighted by atomic mass is 9.98. The lowest BCUT2D eigenvalue weighted by Crippen LogP contribution is -2.43. The molecule has 0 aromatic rings. The van der Waals surface area contributed by atoms with E-state index in [-0.39, 0.29) is 11.9 Å². The predicted octanol–water partition coefficient (Wildman–Crippen LogP) is 1.79. The van der Waals surface area contributed by atoms with Crippen LogP contribution in [-0.4, -0.2) is 55.3 Å². The first-order valence-electron chi connectivity index (χ1n) is 7.67. The summed E-state index contributed by atoms with van der Waals surface area (Å²) in [4.78, 5) is 25.5. The Labute approximate surface area is 127 Å². The van der Waals surface area contributed by atoms with Crippen LogP contribution in [0.4, 0.5) is 4.79 Å². The summed E-state index contributed by atoms with van der Waals surface area (Å²) in [5, 5.41) is 2.74. The van der Waals surface area contributed by atoms with Crippen molar-refractivity contribution in [1.82, 2.24) is 10.2 Å². The van der Waals surface area contributed by atoms with Gasteiger partial charge in [-0.1, -0.05) is 0 Å². The first kappa shape index (κ1) is 17.8. The molecule has 1 aliphatic heterocycles. The summed E-state index contributed by atoms with van der Waals surface area (Å²) >= 11 is 0. The van der Waals surface area contributed by atoms with Crippen LogP contribution >= 0.6 is 0 Å². The monoisotopic (exact) mass is 300 g/mol. The average Bonchev–Trinajstić information content (AvgIpc) is 2.37. The number of nitrogens with zero attached hydrogens (tertiary/aromatic N) is 1. The smallest absolute Gasteiger partial charge is 0.407 e. The molecule has 1 fully saturated rings. The predicted molar refractivity (Wildman–Crippen MR) is 80.0 cm³/mol. The van der Waals surface area contributed by atoms with E-state index in [9.17, 15) is 9.59 Å². The highest BCUT2D eigenvalue weighted by Gasteiger charge is 2.26. The number of nitrogens with one attached hydrogen (secondary N) is 1. The van der Waals surface area contributed by atoms with Crippen molar-refractivity contribution in [3.8, 4) is 0 Å². The van der Waals surface area contributed by atoms with E-state index < -0.39 is 11.7 Å². The molecule has 0 aromatic carbocycles. The SMILES string of the molecule is CCOC(=O)[C@@H]1CCCN(CCNC(=O)OC(C)(C)C)C1. The molecule has 6 nitrogen and oxygen atoms in total. The van der Waals surface area contributed by atoms with Crippen LogP contribution < -0.4 is 5.32 Å². The summed E-state index contributed by atoms with van der Waals surface area (Å²) in [5.74, 6) is -0.150. The van der Waals surface area contributed by atoms with E-state index in [0.29, 0.717) is 19.7 Å². The topological polar surface area (TPSA) is 67.9 Å². The number of ether oxygens (including phenoxy) is 2. The number of rotatable bonds is 5. The molecule has 1 aliphatic rings. The molecule has 0 spiro atoms. The number of carbonyl (C=O) groups is 2. The van der Waals surface area contributed by atoms with Crippen LogP contribution in [0.5, 0.6) is 0 Å². The molecule has 0 unspecified atom stereocenters. The largest absolute Gasteiger partial charge is 0.466 e. The Morgan fingerprint density at radius 3 is 2.67 bits per heavy atom. The molecule has 0 radical (unpaired) electrons. The van der Waals surface area contributed by atoms with Crippen LogP contribution in [0.1, 0.15) is 40.5 Å². The molecule has 1 amide bonds. The Balaban J connectivity index is 2.26. The number of likely N-dealkylation sites (tertiary alicyclic amines) is 1. The van der Waals surface area contributed by atoms with Gasteiger partial charge in [-0.05, 0) is 47.1 Å². The molecule has 1 N–H and O–H groups in total. The number of hydrogen-bond acceptors (Lipinski definition) is 5. The van der Waals surface area contributed by atoms with Crippen LogP contribution in [0, 0.1) is 5.92 Å². The fourth-order valence-electron chi connectivity index (χ4n) is 2.34. The van der Waals surface area contributed by atoms with Crippen LogP contribution in [0.25, 0.3) is 0 Å². The molecule has 21 heavy (non-hydrogen) atoms. The fourth-order valence-corrected chi connectivity index (χ4v) is 2.34. The zero-order chi connectivity index (χ0) is 15.9. The minimum Gasteiger partial charge on any atom is -0.466 e. The molecule has 1 atom stereocenters. The standard InChI is InChI=1S/C15H28N2O4/c1-5-20-13(18)12-7-6-9-17(11-12)10-8-16-14(19)21-15(2,3)4/h12H,5-11H2,1-4H3,(H,16,19)/t12-/m1/s1. The van der Waals surface area contributed by atoms with Crippen molar-refractivity contribution < 1.29 is 19.1 Å². The van der Waals surface area contributed by atoms with Crippen LogP contribution in [-0.2, 0) is 14.3 Å². The van der Waals surface area contributed by atoms with Gasteiger partial charge in [-0.3, -0.25) is 4.79 Å². The van der Waals surface area contributed by atoms with Gasteiger partial charge in [-0.25, -0.2) is 4.79 Å². The van der Waals surface area contributed by atoms with Crippen molar-refractivity contribution in [3.63, 3.8) is 0 Å². The normalized spacial score (nSPS) is 19.9. The van der Waals surface area contributed by atoms with E-state index >= 15 is 0 Å². The molecule has 1 rings (SSSR count). The second kappa shape index (κ2) is 8.22. The highest BCUT2D eigenvalue weighted by Crippen LogP contribution is 2.17. The average molecular weight is 300 g/mol. The summed E-state index contributed by atoms with van der Waals surface area (Å²) in [7, 11) is 0. The maximum absolute atomic E-state index is 11.7. The third-order valence-corrected chi connectivity index (χ3v) is 3.22. The lowest BCUT2D eigenvalue weighted by molar-refractivity contribution is -0.149. The van der Waals surface area contributed by atoms with E-state index in [0.717, 1.165) is 25.9 Å². The molecule has 6 heteroatoms. The molecular weight excluding hydrogens is 272 g/mol. The van der Waals surface area contributed by atoms with Gasteiger partial charge in [0.1, 0.15) is 5.60 Å². The molecule has 122 valence electrons. The summed E-state index contributed by atoms with van der Waals surface area (Å²) in [5.41, 5.74) is -0.482. The molecule has 1 saturated heterocycles. The number of carbonyl (C=O) groups excluding carboxylic acids is 2. The van der Waals surface area contributed by atoms with Crippen molar-refractivity contribution in [1.29, 1.82) is 0 Å². The van der Waals surface area contributed by atoms with E-state index in [4.69, 9.17) is 9.47 Å². The maximum atomic E-state index is 11.7. The quantitative estimate of drug-likeness (QED) is 0.784. The van der Waals surface area contributed by atoms with E-state index in [1.54, 1.807) is 0 Å². The third kappa shape index (κ3) is 7.32. The number of amides is 1. The van der Waals surface area contributed by atoms with Crippen LogP contribution in [0.3, 0.4) is 0 Å². The van der Waals surface area contributed by atoms with Gasteiger partial charge in [0.05, 0.1) is 12.5 Å². The minimum atomic E-state index is -0.482. The van der Waals surface area contributed by atoms with Gasteiger partial charge >= 0.3 is 12.1 Å². The number of alkyl carbamates (subject to hydrolysis) is 1. The van der Waals surface area contributed by atoms with Gasteiger partial charge in [0.2, 0.25) is 0 Å². The van der Waals surface area contributed by atoms with E-state index in [1.165, 1.54) is 0 Å². The fraction of sp³-hybridized carbons (Fsp3) is 0.867. The first-order chi connectivity index (χ1) is 9.81. The number of piperidine rings is 1. The van der Waals surface area contributed by atoms with E-state index in [2.05, 4.69) is 10.2 Å². The molecule has 1 heterocycles. The number of hydrogen-bond donors (Lipinski definition) is 1. The first-order valence-corrected chi connectivity index (χ1v) is 7.67. The summed E-state index contributed by atoms with van der Waals surface area (Å²) in [6.45, 7) is 10.6. The van der Waals surface area contributed by atoms with Gasteiger partial charge in [0, 0.05) is 19.6 Å². The van der Waals surface area contributed by atoms with Crippen molar-refractivity contribution in [2.24, 2.45) is 5.92 Å². The Morgan fingerprint density at radius 2 is 2.05 bits per heavy atom. The summed E-state index contributed by atoms with van der Waals surface area (Å²) in [6, 6.07) is 0. The van der Waals surface area contributed by atoms with Crippen molar-refractivity contribution in [2.75, 3.05) is 32.8 Å². The highest BCUT2D eigenvalue weighted by atomic mass is 16.6. The van der Waals surface area contributed by atoms with Gasteiger partial charge in [-0.15, -0.1) is 0 Å². The van der Waals surface area contributed by atoms with Gasteiger partial charge in [0.25, 0.3) is 0 Å². The third-order valence-electron chi connectivity index (χ3n) is 3.22. The second-order valence-electron chi connectivity index (χ2n) is 6.32. The molecule has 0 aromatic heterocycles. The van der Waals surface area contributed by atoms with Gasteiger partial charge in [-0.2, -0.15) is 0 Å². The maximum Gasteiger partial charge on any atom is 0.407 e. The van der Waals surface area contributed by atoms with Crippen LogP contribution in [0.2, 0.25) is 0 Å². The zero-order valence-electron chi connectivity index (χ0n) is 13.6. The summed E-state index contributed by atoms with van der Waals surface area (Å²) < 4.78 is 10.2. The minimum absolute atomic E-state index is 0.0415. The van der Waals surface area contributed by atoms with Crippen LogP contribution in [0.15, 0.2) is 0 Å². The molecule has 0 bridgehead atoms. The van der Waals surface area contributed by atoms with E-state index in [1.807, 2.05) is 27.7 Å². The Morgan fingerprint density at radius 1 is 1.33 bits per heavy atom.